The Morgan fingerprint density at radius 3 is 2.43 bits per heavy atom. The van der Waals surface area contributed by atoms with Crippen LogP contribution in [-0.4, -0.2) is 11.4 Å². The quantitative estimate of drug-likeness (QED) is 0.513. The van der Waals surface area contributed by atoms with E-state index < -0.39 is 0 Å². The van der Waals surface area contributed by atoms with Crippen molar-refractivity contribution in [3.63, 3.8) is 0 Å². The zero-order chi connectivity index (χ0) is 5.28. The summed E-state index contributed by atoms with van der Waals surface area (Å²) in [5.74, 6) is 0.440. The molecule has 0 N–H and O–H groups in total. The molecule has 0 atom stereocenters. The third-order valence-corrected chi connectivity index (χ3v) is 1.85. The molecular formula is C5H8OS. The fourth-order valence-corrected chi connectivity index (χ4v) is 1.05. The second kappa shape index (κ2) is 1.86. The van der Waals surface area contributed by atoms with E-state index in [4.69, 9.17) is 0 Å². The zero-order valence-corrected chi connectivity index (χ0v) is 5.12. The first-order valence-corrected chi connectivity index (χ1v) is 3.65. The van der Waals surface area contributed by atoms with Crippen molar-refractivity contribution in [1.29, 1.82) is 0 Å². The van der Waals surface area contributed by atoms with E-state index in [1.807, 2.05) is 6.26 Å². The highest BCUT2D eigenvalue weighted by Crippen LogP contribution is 2.32. The van der Waals surface area contributed by atoms with Crippen LogP contribution in [0, 0.1) is 5.92 Å². The molecule has 40 valence electrons. The molecule has 0 aromatic heterocycles. The van der Waals surface area contributed by atoms with Gasteiger partial charge in [0.25, 0.3) is 0 Å². The highest BCUT2D eigenvalue weighted by Gasteiger charge is 2.28. The Kier molecular flexibility index (Phi) is 1.38. The maximum Gasteiger partial charge on any atom is 0.191 e. The van der Waals surface area contributed by atoms with E-state index in [-0.39, 0.29) is 0 Å². The Morgan fingerprint density at radius 1 is 1.71 bits per heavy atom. The lowest BCUT2D eigenvalue weighted by molar-refractivity contribution is -0.111. The van der Waals surface area contributed by atoms with Crippen LogP contribution in [0.15, 0.2) is 0 Å². The van der Waals surface area contributed by atoms with Crippen LogP contribution < -0.4 is 0 Å². The summed E-state index contributed by atoms with van der Waals surface area (Å²) in [6, 6.07) is 0. The van der Waals surface area contributed by atoms with Gasteiger partial charge in [0.15, 0.2) is 5.12 Å². The van der Waals surface area contributed by atoms with Crippen molar-refractivity contribution >= 4 is 16.9 Å². The van der Waals surface area contributed by atoms with Crippen molar-refractivity contribution in [2.75, 3.05) is 6.26 Å². The fraction of sp³-hybridized carbons (Fsp3) is 0.800. The topological polar surface area (TPSA) is 17.1 Å². The molecule has 0 aromatic rings. The standard InChI is InChI=1S/C5H8OS/c1-7-5(6)4-2-3-4/h4H,2-3H2,1H3. The molecule has 0 radical (unpaired) electrons. The first-order chi connectivity index (χ1) is 3.34. The van der Waals surface area contributed by atoms with Gasteiger partial charge in [-0.15, -0.1) is 0 Å². The molecule has 1 rings (SSSR count). The van der Waals surface area contributed by atoms with Gasteiger partial charge in [-0.05, 0) is 19.1 Å². The molecule has 7 heavy (non-hydrogen) atoms. The maximum absolute atomic E-state index is 10.5. The Morgan fingerprint density at radius 2 is 2.29 bits per heavy atom. The van der Waals surface area contributed by atoms with Gasteiger partial charge in [0.05, 0.1) is 0 Å². The number of thioether (sulfide) groups is 1. The smallest absolute Gasteiger partial charge is 0.191 e. The van der Waals surface area contributed by atoms with Gasteiger partial charge >= 0.3 is 0 Å². The summed E-state index contributed by atoms with van der Waals surface area (Å²) in [6.07, 6.45) is 4.12. The lowest BCUT2D eigenvalue weighted by Crippen LogP contribution is -1.89. The second-order valence-corrected chi connectivity index (χ2v) is 2.61. The van der Waals surface area contributed by atoms with Crippen LogP contribution >= 0.6 is 11.8 Å². The maximum atomic E-state index is 10.5. The predicted molar refractivity (Wildman–Crippen MR) is 31.2 cm³/mol. The SMILES string of the molecule is CSC(=O)C1CC1. The number of hydrogen-bond donors (Lipinski definition) is 0. The van der Waals surface area contributed by atoms with Gasteiger partial charge in [0.1, 0.15) is 0 Å². The normalized spacial score (nSPS) is 19.6. The van der Waals surface area contributed by atoms with Gasteiger partial charge in [0.2, 0.25) is 0 Å². The van der Waals surface area contributed by atoms with Gasteiger partial charge in [-0.1, -0.05) is 11.8 Å². The van der Waals surface area contributed by atoms with Crippen LogP contribution in [-0.2, 0) is 4.79 Å². The van der Waals surface area contributed by atoms with Crippen molar-refractivity contribution in [1.82, 2.24) is 0 Å². The van der Waals surface area contributed by atoms with Crippen LogP contribution in [0.4, 0.5) is 0 Å². The Balaban J connectivity index is 2.24. The van der Waals surface area contributed by atoms with Gasteiger partial charge in [-0.3, -0.25) is 4.79 Å². The molecule has 0 aromatic carbocycles. The van der Waals surface area contributed by atoms with E-state index in [0.717, 1.165) is 12.8 Å². The summed E-state index contributed by atoms with van der Waals surface area (Å²) >= 11 is 1.36. The molecule has 1 fully saturated rings. The fourth-order valence-electron chi connectivity index (χ4n) is 0.486. The largest absolute Gasteiger partial charge is 0.287 e. The minimum absolute atomic E-state index is 0.375. The summed E-state index contributed by atoms with van der Waals surface area (Å²) in [5.41, 5.74) is 0. The minimum Gasteiger partial charge on any atom is -0.287 e. The molecular weight excluding hydrogens is 108 g/mol. The summed E-state index contributed by atoms with van der Waals surface area (Å²) < 4.78 is 0. The Bertz CT molecular complexity index is 86.1. The van der Waals surface area contributed by atoms with Gasteiger partial charge in [-0.25, -0.2) is 0 Å². The van der Waals surface area contributed by atoms with Gasteiger partial charge in [-0.2, -0.15) is 0 Å². The highest BCUT2D eigenvalue weighted by atomic mass is 32.2. The van der Waals surface area contributed by atoms with Crippen molar-refractivity contribution in [3.8, 4) is 0 Å². The molecule has 0 bridgehead atoms. The minimum atomic E-state index is 0.375. The Labute approximate surface area is 47.5 Å². The van der Waals surface area contributed by atoms with Crippen molar-refractivity contribution in [2.24, 2.45) is 5.92 Å². The second-order valence-electron chi connectivity index (χ2n) is 1.80. The number of carbonyl (C=O) groups is 1. The molecule has 0 aliphatic heterocycles. The third kappa shape index (κ3) is 1.20. The van der Waals surface area contributed by atoms with Crippen molar-refractivity contribution in [3.05, 3.63) is 0 Å². The molecule has 1 aliphatic rings. The monoisotopic (exact) mass is 116 g/mol. The van der Waals surface area contributed by atoms with E-state index in [1.54, 1.807) is 0 Å². The van der Waals surface area contributed by atoms with Crippen LogP contribution in [0.3, 0.4) is 0 Å². The number of rotatable bonds is 1. The molecule has 1 aliphatic carbocycles. The average Bonchev–Trinajstić information content (AvgIpc) is 2.44. The molecule has 0 amide bonds. The first kappa shape index (κ1) is 5.16. The molecule has 0 saturated heterocycles. The lowest BCUT2D eigenvalue weighted by Gasteiger charge is -1.84. The molecule has 2 heteroatoms. The van der Waals surface area contributed by atoms with Gasteiger partial charge in [0, 0.05) is 5.92 Å². The Hall–Kier alpha value is 0.0200. The number of carbonyl (C=O) groups excluding carboxylic acids is 1. The summed E-state index contributed by atoms with van der Waals surface area (Å²) in [4.78, 5) is 10.5. The first-order valence-electron chi connectivity index (χ1n) is 2.42. The van der Waals surface area contributed by atoms with Crippen LogP contribution in [0.5, 0.6) is 0 Å². The van der Waals surface area contributed by atoms with Crippen LogP contribution in [0.1, 0.15) is 12.8 Å². The summed E-state index contributed by atoms with van der Waals surface area (Å²) in [6.45, 7) is 0. The summed E-state index contributed by atoms with van der Waals surface area (Å²) in [5, 5.41) is 0.375. The summed E-state index contributed by atoms with van der Waals surface area (Å²) in [7, 11) is 0. The third-order valence-electron chi connectivity index (χ3n) is 1.11. The molecule has 0 spiro atoms. The molecule has 0 heterocycles. The van der Waals surface area contributed by atoms with E-state index in [1.165, 1.54) is 11.8 Å². The van der Waals surface area contributed by atoms with E-state index >= 15 is 0 Å². The van der Waals surface area contributed by atoms with Crippen molar-refractivity contribution in [2.45, 2.75) is 12.8 Å². The van der Waals surface area contributed by atoms with Crippen molar-refractivity contribution < 1.29 is 4.79 Å². The van der Waals surface area contributed by atoms with Crippen LogP contribution in [0.2, 0.25) is 0 Å². The highest BCUT2D eigenvalue weighted by molar-refractivity contribution is 8.13. The molecule has 1 nitrogen and oxygen atoms in total. The molecule has 1 saturated carbocycles. The van der Waals surface area contributed by atoms with Crippen LogP contribution in [0.25, 0.3) is 0 Å². The predicted octanol–water partition coefficient (Wildman–Crippen LogP) is 1.29. The number of hydrogen-bond acceptors (Lipinski definition) is 2. The van der Waals surface area contributed by atoms with E-state index in [2.05, 4.69) is 0 Å². The zero-order valence-electron chi connectivity index (χ0n) is 4.31. The molecule has 0 unspecified atom stereocenters. The van der Waals surface area contributed by atoms with E-state index in [0.29, 0.717) is 11.0 Å². The lowest BCUT2D eigenvalue weighted by atomic mass is 10.5. The van der Waals surface area contributed by atoms with Gasteiger partial charge < -0.3 is 0 Å². The van der Waals surface area contributed by atoms with E-state index in [9.17, 15) is 4.79 Å². The average molecular weight is 116 g/mol.